The summed E-state index contributed by atoms with van der Waals surface area (Å²) in [7, 11) is 0. The molecule has 4 rings (SSSR count). The lowest BCUT2D eigenvalue weighted by Crippen LogP contribution is -2.32. The number of benzene rings is 1. The quantitative estimate of drug-likeness (QED) is 0.557. The normalized spacial score (nSPS) is 12.0. The predicted octanol–water partition coefficient (Wildman–Crippen LogP) is 2.43. The molecule has 0 radical (unpaired) electrons. The number of H-pyrrole nitrogens is 1. The summed E-state index contributed by atoms with van der Waals surface area (Å²) in [5.74, 6) is 0.331. The van der Waals surface area contributed by atoms with E-state index in [9.17, 15) is 4.79 Å². The Balaban J connectivity index is 1.54. The third-order valence-electron chi connectivity index (χ3n) is 3.92. The van der Waals surface area contributed by atoms with Crippen LogP contribution < -0.4 is 5.32 Å². The molecule has 1 amide bonds. The summed E-state index contributed by atoms with van der Waals surface area (Å²) in [4.78, 5) is 14.2. The van der Waals surface area contributed by atoms with E-state index >= 15 is 0 Å². The number of carbonyl (C=O) groups excluding carboxylic acids is 1. The largest absolute Gasteiger partial charge is 0.463 e. The number of furan rings is 1. The van der Waals surface area contributed by atoms with Crippen molar-refractivity contribution in [2.45, 2.75) is 12.6 Å². The minimum absolute atomic E-state index is 0.283. The van der Waals surface area contributed by atoms with Gasteiger partial charge in [-0.2, -0.15) is 20.1 Å². The van der Waals surface area contributed by atoms with Crippen molar-refractivity contribution in [2.75, 3.05) is 0 Å². The molecule has 0 bridgehead atoms. The Labute approximate surface area is 148 Å². The molecule has 0 aliphatic rings. The van der Waals surface area contributed by atoms with E-state index in [0.29, 0.717) is 18.0 Å². The molecule has 26 heavy (non-hydrogen) atoms. The van der Waals surface area contributed by atoms with E-state index in [1.807, 2.05) is 30.3 Å². The molecule has 3 aromatic heterocycles. The summed E-state index contributed by atoms with van der Waals surface area (Å²) in [6.07, 6.45) is 4.78. The summed E-state index contributed by atoms with van der Waals surface area (Å²) < 4.78 is 5.31. The Morgan fingerprint density at radius 2 is 1.96 bits per heavy atom. The van der Waals surface area contributed by atoms with Gasteiger partial charge in [0.1, 0.15) is 5.69 Å². The van der Waals surface area contributed by atoms with Gasteiger partial charge in [0.15, 0.2) is 11.5 Å². The molecule has 2 N–H and O–H groups in total. The van der Waals surface area contributed by atoms with Crippen LogP contribution in [0.4, 0.5) is 0 Å². The van der Waals surface area contributed by atoms with Crippen LogP contribution in [0.2, 0.25) is 0 Å². The number of nitrogens with zero attached hydrogens (tertiary/aromatic N) is 4. The second-order valence-corrected chi connectivity index (χ2v) is 5.66. The summed E-state index contributed by atoms with van der Waals surface area (Å²) in [5.41, 5.74) is 1.89. The van der Waals surface area contributed by atoms with Crippen LogP contribution in [0.1, 0.15) is 22.1 Å². The van der Waals surface area contributed by atoms with Gasteiger partial charge in [0.25, 0.3) is 5.91 Å². The Hall–Kier alpha value is -3.68. The molecule has 130 valence electrons. The maximum Gasteiger partial charge on any atom is 0.272 e. The maximum absolute atomic E-state index is 12.7. The average molecular weight is 348 g/mol. The van der Waals surface area contributed by atoms with Crippen LogP contribution in [0.25, 0.3) is 11.5 Å². The fraction of sp³-hybridized carbons (Fsp3) is 0.111. The highest BCUT2D eigenvalue weighted by atomic mass is 16.3. The molecule has 0 spiro atoms. The van der Waals surface area contributed by atoms with Crippen molar-refractivity contribution in [1.29, 1.82) is 0 Å². The molecule has 0 saturated carbocycles. The lowest BCUT2D eigenvalue weighted by Gasteiger charge is -2.18. The van der Waals surface area contributed by atoms with Gasteiger partial charge in [0.05, 0.1) is 31.2 Å². The first-order chi connectivity index (χ1) is 12.8. The third-order valence-corrected chi connectivity index (χ3v) is 3.92. The minimum atomic E-state index is -0.292. The van der Waals surface area contributed by atoms with Gasteiger partial charge in [0.2, 0.25) is 0 Å². The topological polar surface area (TPSA) is 102 Å². The van der Waals surface area contributed by atoms with Gasteiger partial charge in [-0.3, -0.25) is 9.89 Å². The molecule has 0 fully saturated rings. The van der Waals surface area contributed by atoms with Crippen LogP contribution in [0.15, 0.2) is 71.6 Å². The lowest BCUT2D eigenvalue weighted by atomic mass is 10.1. The Kier molecular flexibility index (Phi) is 4.29. The summed E-state index contributed by atoms with van der Waals surface area (Å²) in [5, 5.41) is 18.1. The average Bonchev–Trinajstić information content (AvgIpc) is 3.42. The summed E-state index contributed by atoms with van der Waals surface area (Å²) in [6.45, 7) is 0.415. The molecule has 3 heterocycles. The predicted molar refractivity (Wildman–Crippen MR) is 93.0 cm³/mol. The molecule has 8 heteroatoms. The van der Waals surface area contributed by atoms with E-state index in [0.717, 1.165) is 5.56 Å². The smallest absolute Gasteiger partial charge is 0.272 e. The zero-order valence-corrected chi connectivity index (χ0v) is 13.7. The number of carbonyl (C=O) groups is 1. The van der Waals surface area contributed by atoms with Crippen LogP contribution in [0.5, 0.6) is 0 Å². The summed E-state index contributed by atoms with van der Waals surface area (Å²) in [6, 6.07) is 14.6. The number of aromatic amines is 1. The second kappa shape index (κ2) is 7.06. The Morgan fingerprint density at radius 1 is 1.15 bits per heavy atom. The van der Waals surface area contributed by atoms with E-state index in [1.54, 1.807) is 36.9 Å². The molecule has 8 nitrogen and oxygen atoms in total. The highest BCUT2D eigenvalue weighted by molar-refractivity contribution is 5.93. The van der Waals surface area contributed by atoms with Gasteiger partial charge < -0.3 is 9.73 Å². The van der Waals surface area contributed by atoms with Gasteiger partial charge in [-0.25, -0.2) is 0 Å². The van der Waals surface area contributed by atoms with Crippen LogP contribution in [0, 0.1) is 0 Å². The Morgan fingerprint density at radius 3 is 2.69 bits per heavy atom. The monoisotopic (exact) mass is 348 g/mol. The first-order valence-corrected chi connectivity index (χ1v) is 8.09. The van der Waals surface area contributed by atoms with Gasteiger partial charge in [-0.15, -0.1) is 0 Å². The highest BCUT2D eigenvalue weighted by Gasteiger charge is 2.19. The lowest BCUT2D eigenvalue weighted by molar-refractivity contribution is 0.0925. The summed E-state index contributed by atoms with van der Waals surface area (Å²) >= 11 is 0. The molecule has 0 aliphatic heterocycles. The van der Waals surface area contributed by atoms with E-state index in [-0.39, 0.29) is 17.6 Å². The fourth-order valence-electron chi connectivity index (χ4n) is 2.65. The number of nitrogens with one attached hydrogen (secondary N) is 2. The van der Waals surface area contributed by atoms with Gasteiger partial charge in [-0.1, -0.05) is 30.3 Å². The van der Waals surface area contributed by atoms with Crippen LogP contribution in [-0.2, 0) is 6.54 Å². The number of hydrogen-bond donors (Lipinski definition) is 2. The number of rotatable bonds is 6. The number of aromatic nitrogens is 5. The second-order valence-electron chi connectivity index (χ2n) is 5.66. The van der Waals surface area contributed by atoms with Crippen molar-refractivity contribution in [1.82, 2.24) is 30.5 Å². The van der Waals surface area contributed by atoms with Crippen molar-refractivity contribution in [3.05, 3.63) is 78.4 Å². The van der Waals surface area contributed by atoms with E-state index < -0.39 is 0 Å². The molecular weight excluding hydrogens is 332 g/mol. The zero-order valence-electron chi connectivity index (χ0n) is 13.7. The van der Waals surface area contributed by atoms with Crippen LogP contribution >= 0.6 is 0 Å². The van der Waals surface area contributed by atoms with Gasteiger partial charge in [-0.05, 0) is 17.7 Å². The minimum Gasteiger partial charge on any atom is -0.463 e. The van der Waals surface area contributed by atoms with E-state index in [4.69, 9.17) is 4.42 Å². The third kappa shape index (κ3) is 3.39. The van der Waals surface area contributed by atoms with E-state index in [2.05, 4.69) is 25.7 Å². The molecule has 1 atom stereocenters. The van der Waals surface area contributed by atoms with Crippen molar-refractivity contribution >= 4 is 5.91 Å². The SMILES string of the molecule is O=C(N[C@H](Cn1nccn1)c1ccccc1)c1cc(-c2ccco2)[nH]n1. The first-order valence-electron chi connectivity index (χ1n) is 8.09. The van der Waals surface area contributed by atoms with Crippen molar-refractivity contribution in [3.63, 3.8) is 0 Å². The van der Waals surface area contributed by atoms with Crippen molar-refractivity contribution < 1.29 is 9.21 Å². The van der Waals surface area contributed by atoms with Gasteiger partial charge in [0, 0.05) is 6.07 Å². The standard InChI is InChI=1S/C18H16N6O2/c25-18(15-11-14(22-23-15)17-7-4-10-26-17)21-16(12-24-19-8-9-20-24)13-5-2-1-3-6-13/h1-11,16H,12H2,(H,21,25)(H,22,23)/t16-/m1/s1. The molecule has 4 aromatic rings. The van der Waals surface area contributed by atoms with E-state index in [1.165, 1.54) is 4.80 Å². The molecule has 0 aliphatic carbocycles. The molecular formula is C18H16N6O2. The zero-order chi connectivity index (χ0) is 17.8. The van der Waals surface area contributed by atoms with Crippen LogP contribution in [-0.4, -0.2) is 31.1 Å². The maximum atomic E-state index is 12.7. The molecule has 0 unspecified atom stereocenters. The van der Waals surface area contributed by atoms with Gasteiger partial charge >= 0.3 is 0 Å². The number of hydrogen-bond acceptors (Lipinski definition) is 5. The Bertz CT molecular complexity index is 960. The molecule has 0 saturated heterocycles. The molecule has 1 aromatic carbocycles. The van der Waals surface area contributed by atoms with Crippen molar-refractivity contribution in [2.24, 2.45) is 0 Å². The number of amides is 1. The highest BCUT2D eigenvalue weighted by Crippen LogP contribution is 2.19. The van der Waals surface area contributed by atoms with Crippen LogP contribution in [0.3, 0.4) is 0 Å². The van der Waals surface area contributed by atoms with Crippen molar-refractivity contribution in [3.8, 4) is 11.5 Å². The first kappa shape index (κ1) is 15.8. The fourth-order valence-corrected chi connectivity index (χ4v) is 2.65.